The number of nitrogens with zero attached hydrogens (tertiary/aromatic N) is 1. The number of carbonyl (C=O) groups excluding carboxylic acids is 3. The van der Waals surface area contributed by atoms with E-state index in [9.17, 15) is 27.6 Å². The minimum atomic E-state index is -4.63. The normalized spacial score (nSPS) is 15.7. The van der Waals surface area contributed by atoms with Gasteiger partial charge >= 0.3 is 12.1 Å². The van der Waals surface area contributed by atoms with E-state index in [0.29, 0.717) is 5.69 Å². The van der Waals surface area contributed by atoms with E-state index in [1.165, 1.54) is 12.0 Å². The van der Waals surface area contributed by atoms with Gasteiger partial charge in [-0.25, -0.2) is 0 Å². The number of hydrogen-bond acceptors (Lipinski definition) is 6. The molecule has 0 saturated carbocycles. The lowest BCUT2D eigenvalue weighted by atomic mass is 10.1. The molecular formula is C24H25F3N2O6. The van der Waals surface area contributed by atoms with Crippen LogP contribution in [0.2, 0.25) is 0 Å². The van der Waals surface area contributed by atoms with Crippen LogP contribution in [0.5, 0.6) is 5.75 Å². The first-order chi connectivity index (χ1) is 16.6. The minimum absolute atomic E-state index is 0.00450. The van der Waals surface area contributed by atoms with Crippen molar-refractivity contribution in [1.29, 1.82) is 0 Å². The van der Waals surface area contributed by atoms with E-state index in [2.05, 4.69) is 5.32 Å². The van der Waals surface area contributed by atoms with Crippen LogP contribution >= 0.6 is 0 Å². The molecule has 1 atom stereocenters. The molecule has 188 valence electrons. The van der Waals surface area contributed by atoms with Crippen LogP contribution in [0.1, 0.15) is 17.5 Å². The maximum Gasteiger partial charge on any atom is 0.416 e. The number of alkyl halides is 3. The van der Waals surface area contributed by atoms with Gasteiger partial charge in [-0.05, 0) is 37.3 Å². The fourth-order valence-electron chi connectivity index (χ4n) is 3.45. The summed E-state index contributed by atoms with van der Waals surface area (Å²) in [4.78, 5) is 38.6. The first-order valence-electron chi connectivity index (χ1n) is 10.7. The van der Waals surface area contributed by atoms with Crippen LogP contribution in [0, 0.1) is 12.8 Å². The third-order valence-corrected chi connectivity index (χ3v) is 5.28. The topological polar surface area (TPSA) is 94.2 Å². The number of methoxy groups -OCH3 is 1. The SMILES string of the molecule is COCCOc1ccc(C(F)(F)F)cc1NC(=O)COC(=O)C1CC(=O)N(c2ccc(C)cc2)C1. The van der Waals surface area contributed by atoms with Crippen molar-refractivity contribution < 1.29 is 41.8 Å². The lowest BCUT2D eigenvalue weighted by Gasteiger charge is -2.17. The van der Waals surface area contributed by atoms with Gasteiger partial charge in [-0.15, -0.1) is 0 Å². The molecule has 8 nitrogen and oxygen atoms in total. The zero-order valence-corrected chi connectivity index (χ0v) is 19.2. The van der Waals surface area contributed by atoms with Crippen LogP contribution in [-0.2, 0) is 30.0 Å². The summed E-state index contributed by atoms with van der Waals surface area (Å²) >= 11 is 0. The largest absolute Gasteiger partial charge is 0.489 e. The zero-order valence-electron chi connectivity index (χ0n) is 19.2. The Kier molecular flexibility index (Phi) is 8.34. The molecule has 1 aliphatic rings. The molecule has 2 aromatic rings. The summed E-state index contributed by atoms with van der Waals surface area (Å²) in [5, 5.41) is 2.29. The molecule has 0 radical (unpaired) electrons. The third kappa shape index (κ3) is 6.95. The highest BCUT2D eigenvalue weighted by Gasteiger charge is 2.36. The van der Waals surface area contributed by atoms with Crippen molar-refractivity contribution >= 4 is 29.2 Å². The quantitative estimate of drug-likeness (QED) is 0.423. The maximum absolute atomic E-state index is 13.1. The van der Waals surface area contributed by atoms with Crippen molar-refractivity contribution in [3.63, 3.8) is 0 Å². The Morgan fingerprint density at radius 2 is 1.83 bits per heavy atom. The van der Waals surface area contributed by atoms with Crippen LogP contribution < -0.4 is 15.0 Å². The molecule has 0 aromatic heterocycles. The van der Waals surface area contributed by atoms with E-state index in [4.69, 9.17) is 14.2 Å². The number of ether oxygens (including phenoxy) is 3. The molecule has 0 spiro atoms. The zero-order chi connectivity index (χ0) is 25.6. The predicted molar refractivity (Wildman–Crippen MR) is 120 cm³/mol. The van der Waals surface area contributed by atoms with Crippen molar-refractivity contribution in [1.82, 2.24) is 0 Å². The lowest BCUT2D eigenvalue weighted by Crippen LogP contribution is -2.28. The highest BCUT2D eigenvalue weighted by Crippen LogP contribution is 2.35. The van der Waals surface area contributed by atoms with E-state index in [0.717, 1.165) is 23.8 Å². The molecule has 11 heteroatoms. The number of carbonyl (C=O) groups is 3. The number of benzene rings is 2. The van der Waals surface area contributed by atoms with E-state index in [1.807, 2.05) is 19.1 Å². The number of esters is 1. The van der Waals surface area contributed by atoms with Gasteiger partial charge in [0.15, 0.2) is 6.61 Å². The lowest BCUT2D eigenvalue weighted by molar-refractivity contribution is -0.151. The first-order valence-corrected chi connectivity index (χ1v) is 10.7. The molecule has 1 heterocycles. The smallest absolute Gasteiger partial charge is 0.416 e. The Bertz CT molecular complexity index is 1070. The highest BCUT2D eigenvalue weighted by atomic mass is 19.4. The van der Waals surface area contributed by atoms with Gasteiger partial charge in [0.25, 0.3) is 5.91 Å². The molecule has 1 fully saturated rings. The summed E-state index contributed by atoms with van der Waals surface area (Å²) in [6, 6.07) is 9.89. The number of halogens is 3. The van der Waals surface area contributed by atoms with Gasteiger partial charge in [0, 0.05) is 25.8 Å². The van der Waals surface area contributed by atoms with E-state index in [1.54, 1.807) is 12.1 Å². The summed E-state index contributed by atoms with van der Waals surface area (Å²) in [6.07, 6.45) is -4.70. The molecule has 1 N–H and O–H groups in total. The van der Waals surface area contributed by atoms with Crippen LogP contribution in [0.4, 0.5) is 24.5 Å². The van der Waals surface area contributed by atoms with Gasteiger partial charge in [-0.2, -0.15) is 13.2 Å². The van der Waals surface area contributed by atoms with Gasteiger partial charge in [0.2, 0.25) is 5.91 Å². The Morgan fingerprint density at radius 1 is 1.11 bits per heavy atom. The Morgan fingerprint density at radius 3 is 2.49 bits per heavy atom. The molecule has 1 aliphatic heterocycles. The number of amides is 2. The average molecular weight is 494 g/mol. The standard InChI is InChI=1S/C24H25F3N2O6/c1-15-3-6-18(7-4-15)29-13-16(11-22(29)31)23(32)35-14-21(30)28-19-12-17(24(25,26)27)5-8-20(19)34-10-9-33-2/h3-8,12,16H,9-11,13-14H2,1-2H3,(H,28,30). The Balaban J connectivity index is 1.59. The number of hydrogen-bond donors (Lipinski definition) is 1. The molecule has 1 saturated heterocycles. The second-order valence-corrected chi connectivity index (χ2v) is 7.95. The predicted octanol–water partition coefficient (Wildman–Crippen LogP) is 3.57. The average Bonchev–Trinajstić information content (AvgIpc) is 3.20. The summed E-state index contributed by atoms with van der Waals surface area (Å²) in [6.45, 7) is 1.52. The van der Waals surface area contributed by atoms with Gasteiger partial charge in [-0.1, -0.05) is 17.7 Å². The second-order valence-electron chi connectivity index (χ2n) is 7.95. The van der Waals surface area contributed by atoms with Crippen LogP contribution in [0.15, 0.2) is 42.5 Å². The summed E-state index contributed by atoms with van der Waals surface area (Å²) in [5.74, 6) is -2.61. The summed E-state index contributed by atoms with van der Waals surface area (Å²) < 4.78 is 54.6. The van der Waals surface area contributed by atoms with Gasteiger partial charge in [0.1, 0.15) is 12.4 Å². The van der Waals surface area contributed by atoms with Crippen molar-refractivity contribution in [3.8, 4) is 5.75 Å². The molecular weight excluding hydrogens is 469 g/mol. The number of anilines is 2. The minimum Gasteiger partial charge on any atom is -0.489 e. The molecule has 0 bridgehead atoms. The van der Waals surface area contributed by atoms with E-state index in [-0.39, 0.29) is 43.5 Å². The van der Waals surface area contributed by atoms with Gasteiger partial charge in [0.05, 0.1) is 23.8 Å². The van der Waals surface area contributed by atoms with Crippen molar-refractivity contribution in [2.75, 3.05) is 43.7 Å². The molecule has 1 unspecified atom stereocenters. The molecule has 0 aliphatic carbocycles. The molecule has 35 heavy (non-hydrogen) atoms. The highest BCUT2D eigenvalue weighted by molar-refractivity contribution is 6.00. The third-order valence-electron chi connectivity index (χ3n) is 5.28. The van der Waals surface area contributed by atoms with Crippen molar-refractivity contribution in [2.24, 2.45) is 5.92 Å². The van der Waals surface area contributed by atoms with Crippen LogP contribution in [-0.4, -0.2) is 51.3 Å². The van der Waals surface area contributed by atoms with Crippen molar-refractivity contribution in [3.05, 3.63) is 53.6 Å². The molecule has 2 amide bonds. The summed E-state index contributed by atoms with van der Waals surface area (Å²) in [5.41, 5.74) is 0.470. The number of aryl methyl sites for hydroxylation is 1. The second kappa shape index (κ2) is 11.2. The maximum atomic E-state index is 13.1. The first kappa shape index (κ1) is 26.0. The van der Waals surface area contributed by atoms with Crippen LogP contribution in [0.25, 0.3) is 0 Å². The van der Waals surface area contributed by atoms with Crippen molar-refractivity contribution in [2.45, 2.75) is 19.5 Å². The summed E-state index contributed by atoms with van der Waals surface area (Å²) in [7, 11) is 1.44. The van der Waals surface area contributed by atoms with E-state index >= 15 is 0 Å². The number of rotatable bonds is 9. The van der Waals surface area contributed by atoms with Crippen LogP contribution in [0.3, 0.4) is 0 Å². The molecule has 3 rings (SSSR count). The van der Waals surface area contributed by atoms with Gasteiger partial charge < -0.3 is 24.4 Å². The van der Waals surface area contributed by atoms with Gasteiger partial charge in [-0.3, -0.25) is 14.4 Å². The monoisotopic (exact) mass is 494 g/mol. The Hall–Kier alpha value is -3.60. The fourth-order valence-corrected chi connectivity index (χ4v) is 3.45. The van der Waals surface area contributed by atoms with E-state index < -0.39 is 36.1 Å². The molecule has 2 aromatic carbocycles. The Labute approximate surface area is 199 Å². The fraction of sp³-hybridized carbons (Fsp3) is 0.375. The number of nitrogens with one attached hydrogen (secondary N) is 1.